The SMILES string of the molecule is Cc1cccc(C(=O)Nc2ccc(NC(=O)CNCC3CCCO3)cc2)c1. The van der Waals surface area contributed by atoms with Gasteiger partial charge >= 0.3 is 0 Å². The molecule has 1 aliphatic heterocycles. The van der Waals surface area contributed by atoms with Gasteiger partial charge in [-0.05, 0) is 56.2 Å². The third-order valence-corrected chi connectivity index (χ3v) is 4.39. The highest BCUT2D eigenvalue weighted by atomic mass is 16.5. The molecule has 0 aromatic heterocycles. The first kappa shape index (κ1) is 19.1. The molecular formula is C21H25N3O3. The normalized spacial score (nSPS) is 16.1. The van der Waals surface area contributed by atoms with E-state index in [2.05, 4.69) is 16.0 Å². The lowest BCUT2D eigenvalue weighted by molar-refractivity contribution is -0.115. The van der Waals surface area contributed by atoms with Crippen molar-refractivity contribution in [3.8, 4) is 0 Å². The van der Waals surface area contributed by atoms with Gasteiger partial charge in [-0.15, -0.1) is 0 Å². The zero-order valence-corrected chi connectivity index (χ0v) is 15.5. The Balaban J connectivity index is 1.45. The molecule has 2 aromatic carbocycles. The Bertz CT molecular complexity index is 784. The number of carbonyl (C=O) groups is 2. The fraction of sp³-hybridized carbons (Fsp3) is 0.333. The van der Waals surface area contributed by atoms with E-state index in [4.69, 9.17) is 4.74 Å². The minimum absolute atomic E-state index is 0.107. The molecule has 6 nitrogen and oxygen atoms in total. The number of rotatable bonds is 7. The van der Waals surface area contributed by atoms with Crippen LogP contribution in [0, 0.1) is 6.92 Å². The fourth-order valence-corrected chi connectivity index (χ4v) is 2.98. The van der Waals surface area contributed by atoms with Gasteiger partial charge in [-0.3, -0.25) is 9.59 Å². The highest BCUT2D eigenvalue weighted by molar-refractivity contribution is 6.04. The van der Waals surface area contributed by atoms with Crippen molar-refractivity contribution in [1.29, 1.82) is 0 Å². The second-order valence-corrected chi connectivity index (χ2v) is 6.72. The first-order valence-corrected chi connectivity index (χ1v) is 9.20. The Kier molecular flexibility index (Phi) is 6.57. The van der Waals surface area contributed by atoms with E-state index >= 15 is 0 Å². The van der Waals surface area contributed by atoms with Crippen LogP contribution in [0.3, 0.4) is 0 Å². The summed E-state index contributed by atoms with van der Waals surface area (Å²) < 4.78 is 5.51. The molecule has 1 atom stereocenters. The second-order valence-electron chi connectivity index (χ2n) is 6.72. The molecule has 27 heavy (non-hydrogen) atoms. The fourth-order valence-electron chi connectivity index (χ4n) is 2.98. The van der Waals surface area contributed by atoms with Crippen molar-refractivity contribution in [2.75, 3.05) is 30.3 Å². The molecule has 0 spiro atoms. The average Bonchev–Trinajstić information content (AvgIpc) is 3.17. The molecule has 2 aromatic rings. The molecule has 3 rings (SSSR count). The number of carbonyl (C=O) groups excluding carboxylic acids is 2. The minimum atomic E-state index is -0.159. The first-order chi connectivity index (χ1) is 13.1. The molecule has 1 fully saturated rings. The first-order valence-electron chi connectivity index (χ1n) is 9.20. The van der Waals surface area contributed by atoms with Crippen LogP contribution in [-0.4, -0.2) is 37.6 Å². The molecule has 6 heteroatoms. The van der Waals surface area contributed by atoms with Crippen LogP contribution >= 0.6 is 0 Å². The van der Waals surface area contributed by atoms with Gasteiger partial charge < -0.3 is 20.7 Å². The van der Waals surface area contributed by atoms with Gasteiger partial charge in [-0.2, -0.15) is 0 Å². The van der Waals surface area contributed by atoms with Gasteiger partial charge in [-0.25, -0.2) is 0 Å². The zero-order chi connectivity index (χ0) is 19.1. The second kappa shape index (κ2) is 9.30. The largest absolute Gasteiger partial charge is 0.377 e. The van der Waals surface area contributed by atoms with Crippen LogP contribution in [0.1, 0.15) is 28.8 Å². The van der Waals surface area contributed by atoms with Gasteiger partial charge in [0, 0.05) is 30.1 Å². The van der Waals surface area contributed by atoms with Crippen molar-refractivity contribution in [3.63, 3.8) is 0 Å². The van der Waals surface area contributed by atoms with Crippen molar-refractivity contribution in [3.05, 3.63) is 59.7 Å². The summed E-state index contributed by atoms with van der Waals surface area (Å²) in [5.74, 6) is -0.265. The third-order valence-electron chi connectivity index (χ3n) is 4.39. The summed E-state index contributed by atoms with van der Waals surface area (Å²) in [7, 11) is 0. The number of amides is 2. The maximum atomic E-state index is 12.3. The van der Waals surface area contributed by atoms with Crippen molar-refractivity contribution < 1.29 is 14.3 Å². The molecule has 1 saturated heterocycles. The highest BCUT2D eigenvalue weighted by Crippen LogP contribution is 2.15. The summed E-state index contributed by atoms with van der Waals surface area (Å²) in [4.78, 5) is 24.2. The summed E-state index contributed by atoms with van der Waals surface area (Å²) in [5, 5.41) is 8.80. The van der Waals surface area contributed by atoms with Crippen LogP contribution < -0.4 is 16.0 Å². The molecule has 0 radical (unpaired) electrons. The van der Waals surface area contributed by atoms with E-state index in [9.17, 15) is 9.59 Å². The number of anilines is 2. The van der Waals surface area contributed by atoms with Crippen LogP contribution in [-0.2, 0) is 9.53 Å². The van der Waals surface area contributed by atoms with Gasteiger partial charge in [0.2, 0.25) is 5.91 Å². The maximum Gasteiger partial charge on any atom is 0.255 e. The summed E-state index contributed by atoms with van der Waals surface area (Å²) in [6.07, 6.45) is 2.35. The topological polar surface area (TPSA) is 79.5 Å². The van der Waals surface area contributed by atoms with Crippen molar-refractivity contribution >= 4 is 23.2 Å². The maximum absolute atomic E-state index is 12.3. The molecule has 2 amide bonds. The number of ether oxygens (including phenoxy) is 1. The molecule has 0 bridgehead atoms. The molecule has 3 N–H and O–H groups in total. The number of aryl methyl sites for hydroxylation is 1. The van der Waals surface area contributed by atoms with E-state index < -0.39 is 0 Å². The number of nitrogens with one attached hydrogen (secondary N) is 3. The van der Waals surface area contributed by atoms with Crippen LogP contribution in [0.2, 0.25) is 0 Å². The lowest BCUT2D eigenvalue weighted by atomic mass is 10.1. The predicted octanol–water partition coefficient (Wildman–Crippen LogP) is 2.95. The standard InChI is InChI=1S/C21H25N3O3/c1-15-4-2-5-16(12-15)21(26)24-18-9-7-17(8-10-18)23-20(25)14-22-13-19-6-3-11-27-19/h2,4-5,7-10,12,19,22H,3,6,11,13-14H2,1H3,(H,23,25)(H,24,26). The molecule has 0 aliphatic carbocycles. The predicted molar refractivity (Wildman–Crippen MR) is 106 cm³/mol. The van der Waals surface area contributed by atoms with Crippen LogP contribution in [0.4, 0.5) is 11.4 Å². The van der Waals surface area contributed by atoms with Crippen molar-refractivity contribution in [2.45, 2.75) is 25.9 Å². The zero-order valence-electron chi connectivity index (χ0n) is 15.5. The molecular weight excluding hydrogens is 342 g/mol. The lowest BCUT2D eigenvalue weighted by Gasteiger charge is -2.11. The Morgan fingerprint density at radius 3 is 2.48 bits per heavy atom. The van der Waals surface area contributed by atoms with Crippen LogP contribution in [0.5, 0.6) is 0 Å². The van der Waals surface area contributed by atoms with Crippen LogP contribution in [0.15, 0.2) is 48.5 Å². The molecule has 1 heterocycles. The van der Waals surface area contributed by atoms with E-state index in [0.717, 1.165) is 25.0 Å². The Morgan fingerprint density at radius 2 is 1.81 bits per heavy atom. The van der Waals surface area contributed by atoms with Gasteiger partial charge in [0.15, 0.2) is 0 Å². The molecule has 1 aliphatic rings. The molecule has 0 saturated carbocycles. The monoisotopic (exact) mass is 367 g/mol. The average molecular weight is 367 g/mol. The Labute approximate surface area is 159 Å². The quantitative estimate of drug-likeness (QED) is 0.703. The highest BCUT2D eigenvalue weighted by Gasteiger charge is 2.15. The van der Waals surface area contributed by atoms with Gasteiger partial charge in [-0.1, -0.05) is 17.7 Å². The summed E-state index contributed by atoms with van der Waals surface area (Å²) in [6.45, 7) is 3.69. The molecule has 1 unspecified atom stereocenters. The van der Waals surface area contributed by atoms with Gasteiger partial charge in [0.25, 0.3) is 5.91 Å². The number of hydrogen-bond acceptors (Lipinski definition) is 4. The van der Waals surface area contributed by atoms with E-state index in [1.165, 1.54) is 0 Å². The van der Waals surface area contributed by atoms with Gasteiger partial charge in [0.1, 0.15) is 0 Å². The lowest BCUT2D eigenvalue weighted by Crippen LogP contribution is -2.33. The van der Waals surface area contributed by atoms with Crippen molar-refractivity contribution in [1.82, 2.24) is 5.32 Å². The summed E-state index contributed by atoms with van der Waals surface area (Å²) in [5.41, 5.74) is 3.02. The summed E-state index contributed by atoms with van der Waals surface area (Å²) in [6, 6.07) is 14.5. The smallest absolute Gasteiger partial charge is 0.255 e. The van der Waals surface area contributed by atoms with E-state index in [1.54, 1.807) is 30.3 Å². The third kappa shape index (κ3) is 5.91. The van der Waals surface area contributed by atoms with Crippen molar-refractivity contribution in [2.24, 2.45) is 0 Å². The van der Waals surface area contributed by atoms with Crippen LogP contribution in [0.25, 0.3) is 0 Å². The number of hydrogen-bond donors (Lipinski definition) is 3. The Morgan fingerprint density at radius 1 is 1.07 bits per heavy atom. The van der Waals surface area contributed by atoms with E-state index in [0.29, 0.717) is 23.5 Å². The van der Waals surface area contributed by atoms with E-state index in [-0.39, 0.29) is 24.5 Å². The summed E-state index contributed by atoms with van der Waals surface area (Å²) >= 11 is 0. The van der Waals surface area contributed by atoms with E-state index in [1.807, 2.05) is 25.1 Å². The Hall–Kier alpha value is -2.70. The number of benzene rings is 2. The van der Waals surface area contributed by atoms with Gasteiger partial charge in [0.05, 0.1) is 12.6 Å². The molecule has 142 valence electrons. The minimum Gasteiger partial charge on any atom is -0.377 e.